The monoisotopic (exact) mass is 321 g/mol. The van der Waals surface area contributed by atoms with Crippen LogP contribution in [0.2, 0.25) is 0 Å². The maximum atomic E-state index is 12.4. The van der Waals surface area contributed by atoms with Crippen LogP contribution in [-0.4, -0.2) is 23.5 Å². The van der Waals surface area contributed by atoms with Gasteiger partial charge in [0.25, 0.3) is 5.91 Å². The van der Waals surface area contributed by atoms with Gasteiger partial charge in [0.2, 0.25) is 0 Å². The minimum absolute atomic E-state index is 0.0460. The second-order valence-corrected chi connectivity index (χ2v) is 6.74. The average Bonchev–Trinajstić information content (AvgIpc) is 3.07. The summed E-state index contributed by atoms with van der Waals surface area (Å²) in [4.78, 5) is 19.0. The molecule has 4 rings (SSSR count). The summed E-state index contributed by atoms with van der Waals surface area (Å²) in [6.07, 6.45) is 8.77. The summed E-state index contributed by atoms with van der Waals surface area (Å²) in [7, 11) is 0. The Morgan fingerprint density at radius 3 is 2.71 bits per heavy atom. The molecule has 0 atom stereocenters. The van der Waals surface area contributed by atoms with E-state index in [9.17, 15) is 4.79 Å². The highest BCUT2D eigenvalue weighted by Crippen LogP contribution is 2.33. The number of hydrogen-bond donors (Lipinski definition) is 1. The normalized spacial score (nSPS) is 17.6. The van der Waals surface area contributed by atoms with Crippen LogP contribution < -0.4 is 10.2 Å². The van der Waals surface area contributed by atoms with Crippen LogP contribution in [0, 0.1) is 0 Å². The number of anilines is 2. The van der Waals surface area contributed by atoms with E-state index in [1.165, 1.54) is 30.5 Å². The van der Waals surface area contributed by atoms with Gasteiger partial charge in [0.1, 0.15) is 5.69 Å². The molecule has 0 spiro atoms. The number of carbonyl (C=O) groups excluding carboxylic acids is 1. The number of nitrogens with zero attached hydrogens (tertiary/aromatic N) is 2. The van der Waals surface area contributed by atoms with Crippen LogP contribution in [0.1, 0.15) is 48.2 Å². The summed E-state index contributed by atoms with van der Waals surface area (Å²) in [5, 5.41) is 3.12. The van der Waals surface area contributed by atoms with Gasteiger partial charge in [-0.1, -0.05) is 37.5 Å². The van der Waals surface area contributed by atoms with Crippen molar-refractivity contribution < 1.29 is 4.79 Å². The van der Waals surface area contributed by atoms with Crippen molar-refractivity contribution in [2.24, 2.45) is 0 Å². The number of fused-ring (bicyclic) bond motifs is 1. The highest BCUT2D eigenvalue weighted by atomic mass is 16.1. The van der Waals surface area contributed by atoms with Crippen LogP contribution in [0.25, 0.3) is 0 Å². The maximum absolute atomic E-state index is 12.4. The van der Waals surface area contributed by atoms with Crippen molar-refractivity contribution in [2.45, 2.75) is 44.6 Å². The van der Waals surface area contributed by atoms with E-state index in [2.05, 4.69) is 39.5 Å². The molecule has 1 aliphatic heterocycles. The first-order valence-corrected chi connectivity index (χ1v) is 8.93. The van der Waals surface area contributed by atoms with Crippen LogP contribution in [0.4, 0.5) is 11.4 Å². The molecule has 1 saturated carbocycles. The number of para-hydroxylation sites is 1. The molecule has 1 fully saturated rings. The zero-order valence-electron chi connectivity index (χ0n) is 13.9. The van der Waals surface area contributed by atoms with Gasteiger partial charge < -0.3 is 10.2 Å². The van der Waals surface area contributed by atoms with E-state index in [4.69, 9.17) is 0 Å². The molecule has 24 heavy (non-hydrogen) atoms. The fraction of sp³-hybridized carbons (Fsp3) is 0.400. The lowest BCUT2D eigenvalue weighted by Gasteiger charge is -2.23. The first kappa shape index (κ1) is 15.2. The Morgan fingerprint density at radius 2 is 1.92 bits per heavy atom. The van der Waals surface area contributed by atoms with Gasteiger partial charge in [0.05, 0.1) is 11.9 Å². The average molecular weight is 321 g/mol. The highest BCUT2D eigenvalue weighted by molar-refractivity contribution is 5.92. The molecular weight excluding hydrogens is 298 g/mol. The van der Waals surface area contributed by atoms with Gasteiger partial charge in [-0.2, -0.15) is 0 Å². The van der Waals surface area contributed by atoms with E-state index >= 15 is 0 Å². The molecule has 0 unspecified atom stereocenters. The lowest BCUT2D eigenvalue weighted by Crippen LogP contribution is -2.36. The van der Waals surface area contributed by atoms with Crippen LogP contribution >= 0.6 is 0 Å². The zero-order chi connectivity index (χ0) is 16.4. The van der Waals surface area contributed by atoms with E-state index in [1.807, 2.05) is 18.3 Å². The largest absolute Gasteiger partial charge is 0.348 e. The van der Waals surface area contributed by atoms with Crippen molar-refractivity contribution in [3.63, 3.8) is 0 Å². The summed E-state index contributed by atoms with van der Waals surface area (Å²) in [6.45, 7) is 0.967. The number of amides is 1. The molecule has 1 N–H and O–H groups in total. The van der Waals surface area contributed by atoms with E-state index in [1.54, 1.807) is 0 Å². The maximum Gasteiger partial charge on any atom is 0.270 e. The molecule has 0 saturated heterocycles. The topological polar surface area (TPSA) is 45.2 Å². The number of aromatic nitrogens is 1. The van der Waals surface area contributed by atoms with E-state index < -0.39 is 0 Å². The number of nitrogens with one attached hydrogen (secondary N) is 1. The molecule has 4 heteroatoms. The molecule has 0 radical (unpaired) electrons. The summed E-state index contributed by atoms with van der Waals surface area (Å²) >= 11 is 0. The Bertz CT molecular complexity index is 720. The van der Waals surface area contributed by atoms with Gasteiger partial charge in [0.15, 0.2) is 0 Å². The molecule has 124 valence electrons. The Morgan fingerprint density at radius 1 is 1.08 bits per heavy atom. The summed E-state index contributed by atoms with van der Waals surface area (Å²) < 4.78 is 0. The zero-order valence-corrected chi connectivity index (χ0v) is 13.9. The standard InChI is InChI=1S/C20H23N3O/c24-20(22-16-7-2-1-3-8-16)18-11-10-17(14-21-18)23-13-12-15-6-4-5-9-19(15)23/h4-6,9-11,14,16H,1-3,7-8,12-13H2,(H,22,24). The Balaban J connectivity index is 1.46. The van der Waals surface area contributed by atoms with Crippen molar-refractivity contribution in [1.82, 2.24) is 10.3 Å². The van der Waals surface area contributed by atoms with Gasteiger partial charge in [-0.05, 0) is 43.0 Å². The smallest absolute Gasteiger partial charge is 0.270 e. The predicted octanol–water partition coefficient (Wildman–Crippen LogP) is 3.84. The molecule has 2 aromatic rings. The molecule has 1 aromatic heterocycles. The summed E-state index contributed by atoms with van der Waals surface area (Å²) in [5.41, 5.74) is 4.18. The van der Waals surface area contributed by atoms with Crippen molar-refractivity contribution >= 4 is 17.3 Å². The molecular formula is C20H23N3O. The van der Waals surface area contributed by atoms with Gasteiger partial charge in [-0.3, -0.25) is 4.79 Å². The fourth-order valence-electron chi connectivity index (χ4n) is 3.79. The Labute approximate surface area is 142 Å². The summed E-state index contributed by atoms with van der Waals surface area (Å²) in [5.74, 6) is -0.0460. The number of benzene rings is 1. The molecule has 1 aliphatic carbocycles. The van der Waals surface area contributed by atoms with Crippen molar-refractivity contribution in [3.8, 4) is 0 Å². The third kappa shape index (κ3) is 3.01. The van der Waals surface area contributed by atoms with Crippen molar-refractivity contribution in [1.29, 1.82) is 0 Å². The molecule has 0 bridgehead atoms. The Hall–Kier alpha value is -2.36. The fourth-order valence-corrected chi connectivity index (χ4v) is 3.79. The quantitative estimate of drug-likeness (QED) is 0.934. The summed E-state index contributed by atoms with van der Waals surface area (Å²) in [6, 6.07) is 12.6. The van der Waals surface area contributed by atoms with Crippen molar-refractivity contribution in [2.75, 3.05) is 11.4 Å². The van der Waals surface area contributed by atoms with Gasteiger partial charge in [0, 0.05) is 18.3 Å². The number of hydrogen-bond acceptors (Lipinski definition) is 3. The van der Waals surface area contributed by atoms with Gasteiger partial charge >= 0.3 is 0 Å². The van der Waals surface area contributed by atoms with Crippen LogP contribution in [0.5, 0.6) is 0 Å². The third-order valence-electron chi connectivity index (χ3n) is 5.12. The number of rotatable bonds is 3. The van der Waals surface area contributed by atoms with E-state index in [0.717, 1.165) is 31.5 Å². The molecule has 1 amide bonds. The van der Waals surface area contributed by atoms with E-state index in [0.29, 0.717) is 11.7 Å². The second kappa shape index (κ2) is 6.63. The van der Waals surface area contributed by atoms with Crippen LogP contribution in [0.15, 0.2) is 42.6 Å². The van der Waals surface area contributed by atoms with Crippen LogP contribution in [0.3, 0.4) is 0 Å². The highest BCUT2D eigenvalue weighted by Gasteiger charge is 2.21. The lowest BCUT2D eigenvalue weighted by atomic mass is 9.95. The molecule has 2 aliphatic rings. The molecule has 4 nitrogen and oxygen atoms in total. The molecule has 1 aromatic carbocycles. The minimum atomic E-state index is -0.0460. The van der Waals surface area contributed by atoms with Gasteiger partial charge in [-0.15, -0.1) is 0 Å². The lowest BCUT2D eigenvalue weighted by molar-refractivity contribution is 0.0922. The first-order chi connectivity index (χ1) is 11.8. The predicted molar refractivity (Wildman–Crippen MR) is 95.7 cm³/mol. The van der Waals surface area contributed by atoms with E-state index in [-0.39, 0.29) is 5.91 Å². The van der Waals surface area contributed by atoms with Gasteiger partial charge in [-0.25, -0.2) is 4.98 Å². The first-order valence-electron chi connectivity index (χ1n) is 8.93. The number of pyridine rings is 1. The third-order valence-corrected chi connectivity index (χ3v) is 5.12. The molecule has 2 heterocycles. The minimum Gasteiger partial charge on any atom is -0.348 e. The Kier molecular flexibility index (Phi) is 4.20. The van der Waals surface area contributed by atoms with Crippen LogP contribution in [-0.2, 0) is 6.42 Å². The SMILES string of the molecule is O=C(NC1CCCCC1)c1ccc(N2CCc3ccccc32)cn1. The number of carbonyl (C=O) groups is 1. The van der Waals surface area contributed by atoms with Crippen molar-refractivity contribution in [3.05, 3.63) is 53.9 Å². The second-order valence-electron chi connectivity index (χ2n) is 6.74.